The van der Waals surface area contributed by atoms with E-state index in [1.807, 2.05) is 32.0 Å². The van der Waals surface area contributed by atoms with E-state index in [4.69, 9.17) is 16.3 Å². The second-order valence-electron chi connectivity index (χ2n) is 4.96. The van der Waals surface area contributed by atoms with Crippen LogP contribution >= 0.6 is 11.6 Å². The Balaban J connectivity index is 2.39. The van der Waals surface area contributed by atoms with E-state index in [1.54, 1.807) is 11.9 Å². The summed E-state index contributed by atoms with van der Waals surface area (Å²) in [7, 11) is 1.75. The van der Waals surface area contributed by atoms with Gasteiger partial charge in [-0.15, -0.1) is 11.6 Å². The zero-order chi connectivity index (χ0) is 14.0. The van der Waals surface area contributed by atoms with Crippen LogP contribution in [0.25, 0.3) is 0 Å². The SMILES string of the molecule is CN1C(=O)CCOc2ccc(C#CC(C)(C)Cl)cc21. The van der Waals surface area contributed by atoms with Crippen LogP contribution in [0.4, 0.5) is 5.69 Å². The predicted molar refractivity (Wildman–Crippen MR) is 76.8 cm³/mol. The van der Waals surface area contributed by atoms with Crippen LogP contribution in [0.1, 0.15) is 25.8 Å². The fourth-order valence-corrected chi connectivity index (χ4v) is 1.80. The van der Waals surface area contributed by atoms with Crippen LogP contribution in [0.3, 0.4) is 0 Å². The number of fused-ring (bicyclic) bond motifs is 1. The Hall–Kier alpha value is -1.66. The minimum Gasteiger partial charge on any atom is -0.491 e. The first-order valence-electron chi connectivity index (χ1n) is 6.12. The second kappa shape index (κ2) is 5.14. The first-order valence-corrected chi connectivity index (χ1v) is 6.50. The fourth-order valence-electron chi connectivity index (χ4n) is 1.75. The quantitative estimate of drug-likeness (QED) is 0.539. The van der Waals surface area contributed by atoms with E-state index in [9.17, 15) is 4.79 Å². The summed E-state index contributed by atoms with van der Waals surface area (Å²) < 4.78 is 5.55. The molecular weight excluding hydrogens is 262 g/mol. The van der Waals surface area contributed by atoms with Gasteiger partial charge in [-0.1, -0.05) is 11.8 Å². The third-order valence-electron chi connectivity index (χ3n) is 2.77. The molecule has 1 aromatic rings. The first kappa shape index (κ1) is 13.8. The van der Waals surface area contributed by atoms with Crippen LogP contribution in [0.5, 0.6) is 5.75 Å². The highest BCUT2D eigenvalue weighted by molar-refractivity contribution is 6.25. The Morgan fingerprint density at radius 1 is 1.42 bits per heavy atom. The first-order chi connectivity index (χ1) is 8.87. The highest BCUT2D eigenvalue weighted by Crippen LogP contribution is 2.31. The Bertz CT molecular complexity index is 564. The van der Waals surface area contributed by atoms with Gasteiger partial charge in [0, 0.05) is 12.6 Å². The molecule has 0 unspecified atom stereocenters. The Labute approximate surface area is 118 Å². The van der Waals surface area contributed by atoms with Crippen molar-refractivity contribution in [3.05, 3.63) is 23.8 Å². The number of ether oxygens (including phenoxy) is 1. The topological polar surface area (TPSA) is 29.5 Å². The van der Waals surface area contributed by atoms with Crippen molar-refractivity contribution in [3.63, 3.8) is 0 Å². The van der Waals surface area contributed by atoms with Gasteiger partial charge in [0.05, 0.1) is 23.6 Å². The normalized spacial score (nSPS) is 14.9. The maximum Gasteiger partial charge on any atom is 0.230 e. The van der Waals surface area contributed by atoms with E-state index >= 15 is 0 Å². The summed E-state index contributed by atoms with van der Waals surface area (Å²) in [6.45, 7) is 4.09. The van der Waals surface area contributed by atoms with Crippen LogP contribution in [0.2, 0.25) is 0 Å². The number of hydrogen-bond donors (Lipinski definition) is 0. The largest absolute Gasteiger partial charge is 0.491 e. The summed E-state index contributed by atoms with van der Waals surface area (Å²) in [4.78, 5) is 12.8. The molecule has 0 aromatic heterocycles. The molecule has 0 bridgehead atoms. The van der Waals surface area contributed by atoms with Crippen molar-refractivity contribution in [2.24, 2.45) is 0 Å². The monoisotopic (exact) mass is 277 g/mol. The Morgan fingerprint density at radius 3 is 2.84 bits per heavy atom. The molecule has 0 N–H and O–H groups in total. The van der Waals surface area contributed by atoms with E-state index in [2.05, 4.69) is 11.8 Å². The second-order valence-corrected chi connectivity index (χ2v) is 5.90. The molecule has 1 aliphatic heterocycles. The van der Waals surface area contributed by atoms with Gasteiger partial charge >= 0.3 is 0 Å². The van der Waals surface area contributed by atoms with Crippen LogP contribution in [-0.4, -0.2) is 24.4 Å². The summed E-state index contributed by atoms with van der Waals surface area (Å²) in [6.07, 6.45) is 0.390. The third kappa shape index (κ3) is 3.42. The molecule has 0 fully saturated rings. The number of rotatable bonds is 0. The lowest BCUT2D eigenvalue weighted by Crippen LogP contribution is -2.25. The average molecular weight is 278 g/mol. The van der Waals surface area contributed by atoms with Crippen LogP contribution in [0.15, 0.2) is 18.2 Å². The Morgan fingerprint density at radius 2 is 2.16 bits per heavy atom. The molecular formula is C15H16ClNO2. The number of halogens is 1. The van der Waals surface area contributed by atoms with Crippen molar-refractivity contribution in [1.82, 2.24) is 0 Å². The molecule has 100 valence electrons. The summed E-state index contributed by atoms with van der Waals surface area (Å²) >= 11 is 6.04. The zero-order valence-corrected chi connectivity index (χ0v) is 12.0. The number of anilines is 1. The standard InChI is InChI=1S/C15H16ClNO2/c1-15(2,16)8-6-11-4-5-13-12(10-11)17(3)14(18)7-9-19-13/h4-5,10H,7,9H2,1-3H3. The third-order valence-corrected chi connectivity index (χ3v) is 2.87. The highest BCUT2D eigenvalue weighted by atomic mass is 35.5. The lowest BCUT2D eigenvalue weighted by Gasteiger charge is -2.16. The van der Waals surface area contributed by atoms with Crippen molar-refractivity contribution in [3.8, 4) is 17.6 Å². The highest BCUT2D eigenvalue weighted by Gasteiger charge is 2.19. The zero-order valence-electron chi connectivity index (χ0n) is 11.3. The van der Waals surface area contributed by atoms with Gasteiger partial charge in [0.15, 0.2) is 0 Å². The van der Waals surface area contributed by atoms with E-state index in [1.165, 1.54) is 0 Å². The summed E-state index contributed by atoms with van der Waals surface area (Å²) in [6, 6.07) is 5.57. The molecule has 0 atom stereocenters. The molecule has 1 heterocycles. The van der Waals surface area contributed by atoms with Crippen molar-refractivity contribution < 1.29 is 9.53 Å². The molecule has 4 heteroatoms. The van der Waals surface area contributed by atoms with Crippen LogP contribution < -0.4 is 9.64 Å². The van der Waals surface area contributed by atoms with Crippen LogP contribution in [0, 0.1) is 11.8 Å². The van der Waals surface area contributed by atoms with E-state index in [-0.39, 0.29) is 5.91 Å². The van der Waals surface area contributed by atoms with Gasteiger partial charge in [-0.25, -0.2) is 0 Å². The molecule has 0 saturated carbocycles. The number of hydrogen-bond acceptors (Lipinski definition) is 2. The Kier molecular flexibility index (Phi) is 3.73. The number of alkyl halides is 1. The van der Waals surface area contributed by atoms with Gasteiger partial charge in [-0.3, -0.25) is 4.79 Å². The summed E-state index contributed by atoms with van der Waals surface area (Å²) in [5.41, 5.74) is 1.57. The smallest absolute Gasteiger partial charge is 0.230 e. The van der Waals surface area contributed by atoms with Crippen molar-refractivity contribution >= 4 is 23.2 Å². The maximum atomic E-state index is 11.8. The van der Waals surface area contributed by atoms with Gasteiger partial charge in [-0.05, 0) is 32.0 Å². The molecule has 19 heavy (non-hydrogen) atoms. The van der Waals surface area contributed by atoms with Crippen LogP contribution in [-0.2, 0) is 4.79 Å². The van der Waals surface area contributed by atoms with Gasteiger partial charge in [0.25, 0.3) is 0 Å². The molecule has 0 spiro atoms. The van der Waals surface area contributed by atoms with E-state index < -0.39 is 4.87 Å². The van der Waals surface area contributed by atoms with Gasteiger partial charge in [0.1, 0.15) is 5.75 Å². The molecule has 1 aromatic carbocycles. The van der Waals surface area contributed by atoms with Gasteiger partial charge in [-0.2, -0.15) is 0 Å². The maximum absolute atomic E-state index is 11.8. The minimum atomic E-state index is -0.564. The minimum absolute atomic E-state index is 0.0431. The van der Waals surface area contributed by atoms with E-state index in [0.29, 0.717) is 18.8 Å². The summed E-state index contributed by atoms with van der Waals surface area (Å²) in [5.74, 6) is 6.73. The fraction of sp³-hybridized carbons (Fsp3) is 0.400. The number of nitrogens with zero attached hydrogens (tertiary/aromatic N) is 1. The number of carbonyl (C=O) groups excluding carboxylic acids is 1. The predicted octanol–water partition coefficient (Wildman–Crippen LogP) is 2.80. The van der Waals surface area contributed by atoms with Crippen molar-refractivity contribution in [2.45, 2.75) is 25.1 Å². The molecule has 0 radical (unpaired) electrons. The molecule has 0 saturated heterocycles. The van der Waals surface area contributed by atoms with Gasteiger partial charge < -0.3 is 9.64 Å². The molecule has 0 aliphatic carbocycles. The van der Waals surface area contributed by atoms with Crippen molar-refractivity contribution in [2.75, 3.05) is 18.6 Å². The lowest BCUT2D eigenvalue weighted by atomic mass is 10.1. The van der Waals surface area contributed by atoms with Crippen molar-refractivity contribution in [1.29, 1.82) is 0 Å². The van der Waals surface area contributed by atoms with E-state index in [0.717, 1.165) is 11.3 Å². The van der Waals surface area contributed by atoms with Gasteiger partial charge in [0.2, 0.25) is 5.91 Å². The average Bonchev–Trinajstić information content (AvgIpc) is 2.47. The lowest BCUT2D eigenvalue weighted by molar-refractivity contribution is -0.118. The number of amides is 1. The molecule has 1 amide bonds. The number of carbonyl (C=O) groups is 1. The number of benzene rings is 1. The molecule has 3 nitrogen and oxygen atoms in total. The summed E-state index contributed by atoms with van der Waals surface area (Å²) in [5, 5.41) is 0. The molecule has 2 rings (SSSR count). The molecule has 1 aliphatic rings.